The standard InChI is InChI=1S/C16H22N2O3/c1-2-21-16(20)11-6-5-7-12(10-11)18-15(19)13-8-3-4-9-14(13)17/h5-7,10,13-14H,2-4,8-9,17H2,1H3,(H,18,19). The number of anilines is 1. The van der Waals surface area contributed by atoms with Gasteiger partial charge in [-0.3, -0.25) is 4.79 Å². The van der Waals surface area contributed by atoms with E-state index in [0.717, 1.165) is 25.7 Å². The lowest BCUT2D eigenvalue weighted by atomic mass is 9.84. The van der Waals surface area contributed by atoms with Gasteiger partial charge in [0.15, 0.2) is 0 Å². The van der Waals surface area contributed by atoms with Gasteiger partial charge < -0.3 is 15.8 Å². The maximum atomic E-state index is 12.3. The summed E-state index contributed by atoms with van der Waals surface area (Å²) in [5, 5.41) is 2.85. The van der Waals surface area contributed by atoms with E-state index in [1.54, 1.807) is 31.2 Å². The van der Waals surface area contributed by atoms with Crippen LogP contribution >= 0.6 is 0 Å². The second-order valence-electron chi connectivity index (χ2n) is 5.35. The number of carbonyl (C=O) groups is 2. The first-order valence-corrected chi connectivity index (χ1v) is 7.45. The fourth-order valence-electron chi connectivity index (χ4n) is 2.66. The number of hydrogen-bond donors (Lipinski definition) is 2. The van der Waals surface area contributed by atoms with Crippen LogP contribution in [0.3, 0.4) is 0 Å². The van der Waals surface area contributed by atoms with Crippen LogP contribution in [0.1, 0.15) is 43.0 Å². The molecule has 2 rings (SSSR count). The third-order valence-electron chi connectivity index (χ3n) is 3.80. The Morgan fingerprint density at radius 3 is 2.81 bits per heavy atom. The van der Waals surface area contributed by atoms with Crippen LogP contribution in [-0.4, -0.2) is 24.5 Å². The number of carbonyl (C=O) groups excluding carboxylic acids is 2. The van der Waals surface area contributed by atoms with Gasteiger partial charge in [0.25, 0.3) is 0 Å². The van der Waals surface area contributed by atoms with Crippen LogP contribution in [0.4, 0.5) is 5.69 Å². The molecule has 0 radical (unpaired) electrons. The third-order valence-corrected chi connectivity index (χ3v) is 3.80. The van der Waals surface area contributed by atoms with Crippen molar-refractivity contribution in [2.45, 2.75) is 38.6 Å². The Morgan fingerprint density at radius 1 is 1.33 bits per heavy atom. The molecule has 1 amide bonds. The summed E-state index contributed by atoms with van der Waals surface area (Å²) in [6.45, 7) is 2.08. The number of rotatable bonds is 4. The Kier molecular flexibility index (Phi) is 5.33. The summed E-state index contributed by atoms with van der Waals surface area (Å²) in [4.78, 5) is 24.0. The zero-order valence-electron chi connectivity index (χ0n) is 12.3. The Hall–Kier alpha value is -1.88. The average molecular weight is 290 g/mol. The van der Waals surface area contributed by atoms with Crippen molar-refractivity contribution in [3.63, 3.8) is 0 Å². The molecule has 0 spiro atoms. The van der Waals surface area contributed by atoms with Crippen molar-refractivity contribution in [2.24, 2.45) is 11.7 Å². The number of amides is 1. The Bertz CT molecular complexity index is 516. The highest BCUT2D eigenvalue weighted by Crippen LogP contribution is 2.24. The van der Waals surface area contributed by atoms with Gasteiger partial charge in [-0.25, -0.2) is 4.79 Å². The number of esters is 1. The third kappa shape index (κ3) is 4.04. The van der Waals surface area contributed by atoms with Gasteiger partial charge >= 0.3 is 5.97 Å². The molecule has 1 aliphatic carbocycles. The molecule has 1 fully saturated rings. The van der Waals surface area contributed by atoms with Crippen LogP contribution in [-0.2, 0) is 9.53 Å². The van der Waals surface area contributed by atoms with Crippen molar-refractivity contribution < 1.29 is 14.3 Å². The SMILES string of the molecule is CCOC(=O)c1cccc(NC(=O)C2CCCCC2N)c1. The van der Waals surface area contributed by atoms with Gasteiger partial charge in [-0.2, -0.15) is 0 Å². The van der Waals surface area contributed by atoms with E-state index in [2.05, 4.69) is 5.32 Å². The first-order valence-electron chi connectivity index (χ1n) is 7.45. The van der Waals surface area contributed by atoms with Crippen LogP contribution in [0.15, 0.2) is 24.3 Å². The van der Waals surface area contributed by atoms with Crippen LogP contribution in [0.2, 0.25) is 0 Å². The van der Waals surface area contributed by atoms with Crippen LogP contribution < -0.4 is 11.1 Å². The minimum atomic E-state index is -0.386. The van der Waals surface area contributed by atoms with Crippen molar-refractivity contribution in [1.29, 1.82) is 0 Å². The van der Waals surface area contributed by atoms with E-state index in [-0.39, 0.29) is 23.8 Å². The topological polar surface area (TPSA) is 81.4 Å². The second kappa shape index (κ2) is 7.22. The van der Waals surface area contributed by atoms with Crippen LogP contribution in [0.25, 0.3) is 0 Å². The molecule has 1 aromatic rings. The van der Waals surface area contributed by atoms with E-state index in [0.29, 0.717) is 17.9 Å². The molecule has 2 unspecified atom stereocenters. The summed E-state index contributed by atoms with van der Waals surface area (Å²) in [7, 11) is 0. The van der Waals surface area contributed by atoms with E-state index in [1.165, 1.54) is 0 Å². The molecule has 0 heterocycles. The highest BCUT2D eigenvalue weighted by atomic mass is 16.5. The molecule has 21 heavy (non-hydrogen) atoms. The molecule has 0 bridgehead atoms. The summed E-state index contributed by atoms with van der Waals surface area (Å²) in [6, 6.07) is 6.70. The Morgan fingerprint density at radius 2 is 2.10 bits per heavy atom. The van der Waals surface area contributed by atoms with E-state index in [9.17, 15) is 9.59 Å². The Balaban J connectivity index is 2.03. The fourth-order valence-corrected chi connectivity index (χ4v) is 2.66. The largest absolute Gasteiger partial charge is 0.462 e. The average Bonchev–Trinajstić information content (AvgIpc) is 2.48. The molecule has 3 N–H and O–H groups in total. The lowest BCUT2D eigenvalue weighted by molar-refractivity contribution is -0.121. The highest BCUT2D eigenvalue weighted by Gasteiger charge is 2.28. The van der Waals surface area contributed by atoms with Crippen molar-refractivity contribution in [3.8, 4) is 0 Å². The first kappa shape index (κ1) is 15.5. The smallest absolute Gasteiger partial charge is 0.338 e. The van der Waals surface area contributed by atoms with E-state index < -0.39 is 0 Å². The summed E-state index contributed by atoms with van der Waals surface area (Å²) < 4.78 is 4.95. The van der Waals surface area contributed by atoms with Gasteiger partial charge in [-0.1, -0.05) is 18.9 Å². The molecule has 114 valence electrons. The lowest BCUT2D eigenvalue weighted by Crippen LogP contribution is -2.40. The molecule has 5 nitrogen and oxygen atoms in total. The van der Waals surface area contributed by atoms with Gasteiger partial charge in [-0.15, -0.1) is 0 Å². The predicted molar refractivity (Wildman–Crippen MR) is 81.0 cm³/mol. The summed E-state index contributed by atoms with van der Waals surface area (Å²) in [5.74, 6) is -0.601. The summed E-state index contributed by atoms with van der Waals surface area (Å²) in [5.41, 5.74) is 7.05. The predicted octanol–water partition coefficient (Wildman–Crippen LogP) is 2.32. The number of benzene rings is 1. The monoisotopic (exact) mass is 290 g/mol. The van der Waals surface area contributed by atoms with Crippen LogP contribution in [0.5, 0.6) is 0 Å². The van der Waals surface area contributed by atoms with Crippen molar-refractivity contribution in [2.75, 3.05) is 11.9 Å². The maximum absolute atomic E-state index is 12.3. The molecule has 0 aliphatic heterocycles. The van der Waals surface area contributed by atoms with E-state index >= 15 is 0 Å². The fraction of sp³-hybridized carbons (Fsp3) is 0.500. The number of hydrogen-bond acceptors (Lipinski definition) is 4. The number of ether oxygens (including phenoxy) is 1. The normalized spacial score (nSPS) is 21.6. The zero-order valence-corrected chi connectivity index (χ0v) is 12.3. The van der Waals surface area contributed by atoms with Crippen molar-refractivity contribution in [3.05, 3.63) is 29.8 Å². The molecule has 1 saturated carbocycles. The maximum Gasteiger partial charge on any atom is 0.338 e. The Labute approximate surface area is 124 Å². The van der Waals surface area contributed by atoms with Crippen LogP contribution in [0, 0.1) is 5.92 Å². The molecular formula is C16H22N2O3. The summed E-state index contributed by atoms with van der Waals surface area (Å²) >= 11 is 0. The van der Waals surface area contributed by atoms with E-state index in [1.807, 2.05) is 0 Å². The minimum Gasteiger partial charge on any atom is -0.462 e. The summed E-state index contributed by atoms with van der Waals surface area (Å²) in [6.07, 6.45) is 3.84. The van der Waals surface area contributed by atoms with Crippen molar-refractivity contribution in [1.82, 2.24) is 0 Å². The quantitative estimate of drug-likeness (QED) is 0.834. The second-order valence-corrected chi connectivity index (χ2v) is 5.35. The molecule has 0 saturated heterocycles. The first-order chi connectivity index (χ1) is 10.1. The highest BCUT2D eigenvalue weighted by molar-refractivity contribution is 5.95. The minimum absolute atomic E-state index is 0.0665. The van der Waals surface area contributed by atoms with Gasteiger partial charge in [0.05, 0.1) is 18.1 Å². The number of nitrogens with two attached hydrogens (primary N) is 1. The molecule has 5 heteroatoms. The molecule has 0 aromatic heterocycles. The molecule has 1 aliphatic rings. The van der Waals surface area contributed by atoms with Gasteiger partial charge in [0.2, 0.25) is 5.91 Å². The van der Waals surface area contributed by atoms with Gasteiger partial charge in [-0.05, 0) is 38.0 Å². The molecular weight excluding hydrogens is 268 g/mol. The molecule has 2 atom stereocenters. The van der Waals surface area contributed by atoms with Gasteiger partial charge in [0, 0.05) is 11.7 Å². The zero-order chi connectivity index (χ0) is 15.2. The van der Waals surface area contributed by atoms with E-state index in [4.69, 9.17) is 10.5 Å². The molecule has 1 aromatic carbocycles. The van der Waals surface area contributed by atoms with Crippen molar-refractivity contribution >= 4 is 17.6 Å². The lowest BCUT2D eigenvalue weighted by Gasteiger charge is -2.27. The number of nitrogens with one attached hydrogen (secondary N) is 1. The van der Waals surface area contributed by atoms with Gasteiger partial charge in [0.1, 0.15) is 0 Å².